The highest BCUT2D eigenvalue weighted by molar-refractivity contribution is 7.09. The lowest BCUT2D eigenvalue weighted by atomic mass is 10.0. The van der Waals surface area contributed by atoms with E-state index in [1.807, 2.05) is 0 Å². The van der Waals surface area contributed by atoms with Gasteiger partial charge in [-0.2, -0.15) is 9.36 Å². The van der Waals surface area contributed by atoms with Gasteiger partial charge < -0.3 is 26.4 Å². The minimum Gasteiger partial charge on any atom is -0.394 e. The Hall–Kier alpha value is -0.960. The minimum absolute atomic E-state index is 0.111. The average Bonchev–Trinajstić information content (AvgIpc) is 2.61. The normalized spacial score (nSPS) is 11.6. The molecule has 80 valence electrons. The summed E-state index contributed by atoms with van der Waals surface area (Å²) in [4.78, 5) is 3.78. The van der Waals surface area contributed by atoms with Crippen molar-refractivity contribution in [1.82, 2.24) is 9.36 Å². The number of anilines is 2. The van der Waals surface area contributed by atoms with Crippen LogP contribution in [0.3, 0.4) is 0 Å². The summed E-state index contributed by atoms with van der Waals surface area (Å²) in [7, 11) is 0. The van der Waals surface area contributed by atoms with Crippen LogP contribution in [0.5, 0.6) is 0 Å². The fourth-order valence-corrected chi connectivity index (χ4v) is 1.40. The molecule has 0 bridgehead atoms. The molecular formula is C6H12N4O3S. The molecule has 7 nitrogen and oxygen atoms in total. The van der Waals surface area contributed by atoms with Gasteiger partial charge in [-0.1, -0.05) is 0 Å². The van der Waals surface area contributed by atoms with Gasteiger partial charge in [0.2, 0.25) is 11.1 Å². The van der Waals surface area contributed by atoms with Crippen LogP contribution in [0, 0.1) is 0 Å². The van der Waals surface area contributed by atoms with Crippen LogP contribution in [-0.4, -0.2) is 50.0 Å². The largest absolute Gasteiger partial charge is 0.394 e. The van der Waals surface area contributed by atoms with E-state index in [0.717, 1.165) is 11.5 Å². The Bertz CT molecular complexity index is 280. The Morgan fingerprint density at radius 3 is 2.21 bits per heavy atom. The molecule has 0 atom stereocenters. The second kappa shape index (κ2) is 4.51. The van der Waals surface area contributed by atoms with Gasteiger partial charge in [0, 0.05) is 11.5 Å². The maximum absolute atomic E-state index is 8.99. The van der Waals surface area contributed by atoms with E-state index in [0.29, 0.717) is 5.13 Å². The molecule has 1 aromatic rings. The van der Waals surface area contributed by atoms with Gasteiger partial charge in [0.1, 0.15) is 5.54 Å². The van der Waals surface area contributed by atoms with Crippen molar-refractivity contribution in [3.63, 3.8) is 0 Å². The topological polar surface area (TPSA) is 125 Å². The number of hydrogen-bond acceptors (Lipinski definition) is 8. The first-order chi connectivity index (χ1) is 6.65. The zero-order valence-corrected chi connectivity index (χ0v) is 8.16. The highest BCUT2D eigenvalue weighted by Gasteiger charge is 2.28. The Balaban J connectivity index is 2.73. The molecule has 14 heavy (non-hydrogen) atoms. The average molecular weight is 220 g/mol. The number of hydrogen-bond donors (Lipinski definition) is 5. The van der Waals surface area contributed by atoms with Gasteiger partial charge in [0.25, 0.3) is 0 Å². The number of aromatic nitrogens is 2. The van der Waals surface area contributed by atoms with Gasteiger partial charge in [-0.15, -0.1) is 0 Å². The summed E-state index contributed by atoms with van der Waals surface area (Å²) < 4.78 is 3.70. The van der Waals surface area contributed by atoms with Gasteiger partial charge in [-0.25, -0.2) is 0 Å². The molecule has 0 saturated heterocycles. The quantitative estimate of drug-likeness (QED) is 0.398. The Kier molecular flexibility index (Phi) is 3.58. The van der Waals surface area contributed by atoms with E-state index in [1.54, 1.807) is 0 Å². The third-order valence-electron chi connectivity index (χ3n) is 1.72. The molecule has 1 aromatic heterocycles. The van der Waals surface area contributed by atoms with Crippen LogP contribution in [0.25, 0.3) is 0 Å². The highest BCUT2D eigenvalue weighted by Crippen LogP contribution is 2.17. The summed E-state index contributed by atoms with van der Waals surface area (Å²) in [5.41, 5.74) is 4.09. The number of rotatable bonds is 5. The van der Waals surface area contributed by atoms with Gasteiger partial charge in [-0.05, 0) is 0 Å². The van der Waals surface area contributed by atoms with Crippen LogP contribution >= 0.6 is 11.5 Å². The van der Waals surface area contributed by atoms with E-state index in [4.69, 9.17) is 21.1 Å². The summed E-state index contributed by atoms with van der Waals surface area (Å²) in [6.07, 6.45) is 0. The van der Waals surface area contributed by atoms with E-state index in [-0.39, 0.29) is 5.95 Å². The van der Waals surface area contributed by atoms with E-state index in [2.05, 4.69) is 14.7 Å². The summed E-state index contributed by atoms with van der Waals surface area (Å²) in [6, 6.07) is 0. The van der Waals surface area contributed by atoms with Crippen LogP contribution in [0.1, 0.15) is 0 Å². The number of nitrogens with one attached hydrogen (secondary N) is 1. The van der Waals surface area contributed by atoms with E-state index in [1.165, 1.54) is 0 Å². The third-order valence-corrected chi connectivity index (χ3v) is 2.37. The predicted octanol–water partition coefficient (Wildman–Crippen LogP) is -1.75. The molecule has 0 spiro atoms. The smallest absolute Gasteiger partial charge is 0.233 e. The number of nitrogens with two attached hydrogens (primary N) is 1. The van der Waals surface area contributed by atoms with Crippen molar-refractivity contribution in [1.29, 1.82) is 0 Å². The zero-order valence-electron chi connectivity index (χ0n) is 7.34. The van der Waals surface area contributed by atoms with Crippen LogP contribution in [0.15, 0.2) is 0 Å². The molecule has 0 fully saturated rings. The van der Waals surface area contributed by atoms with Crippen molar-refractivity contribution in [2.75, 3.05) is 30.9 Å². The minimum atomic E-state index is -1.19. The predicted molar refractivity (Wildman–Crippen MR) is 51.9 cm³/mol. The first kappa shape index (κ1) is 11.1. The van der Waals surface area contributed by atoms with Gasteiger partial charge in [-0.3, -0.25) is 0 Å². The zero-order chi connectivity index (χ0) is 10.6. The van der Waals surface area contributed by atoms with Gasteiger partial charge in [0.05, 0.1) is 19.8 Å². The summed E-state index contributed by atoms with van der Waals surface area (Å²) in [5, 5.41) is 30.0. The molecule has 0 aliphatic heterocycles. The van der Waals surface area contributed by atoms with Gasteiger partial charge in [0.15, 0.2) is 0 Å². The van der Waals surface area contributed by atoms with Crippen molar-refractivity contribution < 1.29 is 15.3 Å². The molecule has 0 aliphatic carbocycles. The van der Waals surface area contributed by atoms with E-state index >= 15 is 0 Å². The Labute approximate surface area is 84.4 Å². The molecule has 0 amide bonds. The van der Waals surface area contributed by atoms with Crippen LogP contribution in [0.4, 0.5) is 11.1 Å². The van der Waals surface area contributed by atoms with Crippen LogP contribution < -0.4 is 11.1 Å². The molecule has 6 N–H and O–H groups in total. The second-order valence-electron chi connectivity index (χ2n) is 2.84. The molecule has 0 aliphatic rings. The van der Waals surface area contributed by atoms with Crippen LogP contribution in [-0.2, 0) is 0 Å². The summed E-state index contributed by atoms with van der Waals surface area (Å²) in [6.45, 7) is -1.25. The molecule has 0 radical (unpaired) electrons. The maximum Gasteiger partial charge on any atom is 0.233 e. The third kappa shape index (κ3) is 2.29. The molecule has 0 saturated carbocycles. The lowest BCUT2D eigenvalue weighted by Gasteiger charge is -2.27. The van der Waals surface area contributed by atoms with Crippen molar-refractivity contribution in [2.45, 2.75) is 5.54 Å². The molecule has 0 aromatic carbocycles. The Morgan fingerprint density at radius 1 is 1.29 bits per heavy atom. The van der Waals surface area contributed by atoms with E-state index < -0.39 is 25.4 Å². The van der Waals surface area contributed by atoms with Gasteiger partial charge >= 0.3 is 0 Å². The monoisotopic (exact) mass is 220 g/mol. The first-order valence-electron chi connectivity index (χ1n) is 3.86. The van der Waals surface area contributed by atoms with Crippen molar-refractivity contribution >= 4 is 22.6 Å². The SMILES string of the molecule is Nc1nsc(NC(CO)(CO)CO)n1. The lowest BCUT2D eigenvalue weighted by Crippen LogP contribution is -2.49. The molecule has 0 unspecified atom stereocenters. The number of aliphatic hydroxyl groups is 3. The van der Waals surface area contributed by atoms with Crippen molar-refractivity contribution in [2.24, 2.45) is 0 Å². The van der Waals surface area contributed by atoms with Crippen molar-refractivity contribution in [3.8, 4) is 0 Å². The maximum atomic E-state index is 8.99. The molecular weight excluding hydrogens is 208 g/mol. The Morgan fingerprint density at radius 2 is 1.86 bits per heavy atom. The summed E-state index contributed by atoms with van der Waals surface area (Å²) in [5.74, 6) is 0.111. The van der Waals surface area contributed by atoms with E-state index in [9.17, 15) is 0 Å². The fraction of sp³-hybridized carbons (Fsp3) is 0.667. The lowest BCUT2D eigenvalue weighted by molar-refractivity contribution is 0.0833. The molecule has 8 heteroatoms. The number of aliphatic hydroxyl groups excluding tert-OH is 3. The molecule has 1 heterocycles. The first-order valence-corrected chi connectivity index (χ1v) is 4.63. The highest BCUT2D eigenvalue weighted by atomic mass is 32.1. The van der Waals surface area contributed by atoms with Crippen LogP contribution in [0.2, 0.25) is 0 Å². The van der Waals surface area contributed by atoms with Crippen molar-refractivity contribution in [3.05, 3.63) is 0 Å². The number of nitrogens with zero attached hydrogens (tertiary/aromatic N) is 2. The standard InChI is InChI=1S/C6H12N4O3S/c7-4-8-5(14-10-4)9-6(1-11,2-12)3-13/h11-13H,1-3H2,(H3,7,8,9,10). The summed E-state index contributed by atoms with van der Waals surface area (Å²) >= 11 is 0.992. The fourth-order valence-electron chi connectivity index (χ4n) is 0.781. The second-order valence-corrected chi connectivity index (χ2v) is 3.59. The molecule has 1 rings (SSSR count). The number of nitrogen functional groups attached to an aromatic ring is 1.